The Morgan fingerprint density at radius 3 is 1.92 bits per heavy atom. The quantitative estimate of drug-likeness (QED) is 0.369. The molecule has 0 aliphatic heterocycles. The van der Waals surface area contributed by atoms with Crippen LogP contribution < -0.4 is 4.74 Å². The summed E-state index contributed by atoms with van der Waals surface area (Å²) < 4.78 is 90.4. The van der Waals surface area contributed by atoms with Gasteiger partial charge in [-0.05, 0) is 17.7 Å². The molecule has 0 saturated heterocycles. The summed E-state index contributed by atoms with van der Waals surface area (Å²) in [5.41, 5.74) is 0.583. The Morgan fingerprint density at radius 2 is 1.50 bits per heavy atom. The van der Waals surface area contributed by atoms with Crippen LogP contribution >= 0.6 is 11.8 Å². The second kappa shape index (κ2) is 6.99. The topological polar surface area (TPSA) is 63.6 Å². The molecule has 0 amide bonds. The lowest BCUT2D eigenvalue weighted by Gasteiger charge is -2.10. The van der Waals surface area contributed by atoms with Crippen LogP contribution in [0, 0.1) is 23.3 Å². The number of rotatable bonds is 5. The van der Waals surface area contributed by atoms with Crippen molar-refractivity contribution in [1.82, 2.24) is 0 Å². The smallest absolute Gasteiger partial charge is 0.300 e. The summed E-state index contributed by atoms with van der Waals surface area (Å²) in [6.45, 7) is 0. The van der Waals surface area contributed by atoms with Crippen LogP contribution in [0.1, 0.15) is 5.56 Å². The van der Waals surface area contributed by atoms with Crippen LogP contribution in [0.4, 0.5) is 17.6 Å². The predicted molar refractivity (Wildman–Crippen MR) is 78.6 cm³/mol. The van der Waals surface area contributed by atoms with Gasteiger partial charge in [-0.3, -0.25) is 4.55 Å². The number of hydrogen-bond acceptors (Lipinski definition) is 4. The summed E-state index contributed by atoms with van der Waals surface area (Å²) in [4.78, 5) is -3.07. The van der Waals surface area contributed by atoms with Gasteiger partial charge in [0, 0.05) is 5.75 Å². The average molecular weight is 382 g/mol. The van der Waals surface area contributed by atoms with E-state index in [1.165, 1.54) is 7.11 Å². The Bertz CT molecular complexity index is 838. The van der Waals surface area contributed by atoms with E-state index in [-0.39, 0.29) is 5.75 Å². The minimum Gasteiger partial charge on any atom is -0.497 e. The third kappa shape index (κ3) is 3.65. The first-order valence-corrected chi connectivity index (χ1v) is 8.68. The van der Waals surface area contributed by atoms with Gasteiger partial charge in [-0.25, -0.2) is 17.6 Å². The third-order valence-electron chi connectivity index (χ3n) is 2.98. The molecule has 24 heavy (non-hydrogen) atoms. The zero-order valence-corrected chi connectivity index (χ0v) is 13.6. The van der Waals surface area contributed by atoms with Gasteiger partial charge in [-0.15, -0.1) is 11.8 Å². The lowest BCUT2D eigenvalue weighted by molar-refractivity contribution is 0.384. The second-order valence-corrected chi connectivity index (χ2v) is 6.87. The first kappa shape index (κ1) is 18.6. The van der Waals surface area contributed by atoms with Gasteiger partial charge in [0.25, 0.3) is 0 Å². The van der Waals surface area contributed by atoms with E-state index in [4.69, 9.17) is 9.29 Å². The molecular formula is C14H10F4O4S2. The molecule has 2 aromatic rings. The molecule has 0 aliphatic carbocycles. The molecule has 2 aromatic carbocycles. The monoisotopic (exact) mass is 382 g/mol. The van der Waals surface area contributed by atoms with Crippen LogP contribution in [0.25, 0.3) is 0 Å². The molecule has 2 rings (SSSR count). The molecular weight excluding hydrogens is 372 g/mol. The molecule has 0 fully saturated rings. The van der Waals surface area contributed by atoms with Crippen molar-refractivity contribution in [1.29, 1.82) is 0 Å². The van der Waals surface area contributed by atoms with Crippen LogP contribution in [0.5, 0.6) is 5.75 Å². The number of methoxy groups -OCH3 is 1. The zero-order valence-electron chi connectivity index (χ0n) is 12.0. The van der Waals surface area contributed by atoms with Crippen molar-refractivity contribution < 1.29 is 35.3 Å². The van der Waals surface area contributed by atoms with E-state index in [1.54, 1.807) is 24.3 Å². The van der Waals surface area contributed by atoms with Gasteiger partial charge in [-0.1, -0.05) is 12.1 Å². The minimum absolute atomic E-state index is 0.0397. The highest BCUT2D eigenvalue weighted by Gasteiger charge is 2.32. The highest BCUT2D eigenvalue weighted by molar-refractivity contribution is 7.98. The van der Waals surface area contributed by atoms with Crippen molar-refractivity contribution in [3.8, 4) is 5.75 Å². The van der Waals surface area contributed by atoms with Crippen molar-refractivity contribution in [2.24, 2.45) is 0 Å². The van der Waals surface area contributed by atoms with E-state index in [0.29, 0.717) is 23.1 Å². The van der Waals surface area contributed by atoms with Crippen molar-refractivity contribution in [3.05, 3.63) is 53.1 Å². The Kier molecular flexibility index (Phi) is 5.41. The molecule has 0 aromatic heterocycles. The van der Waals surface area contributed by atoms with Gasteiger partial charge in [0.1, 0.15) is 5.75 Å². The van der Waals surface area contributed by atoms with Crippen molar-refractivity contribution in [3.63, 3.8) is 0 Å². The highest BCUT2D eigenvalue weighted by atomic mass is 32.2. The first-order chi connectivity index (χ1) is 11.2. The fourth-order valence-electron chi connectivity index (χ4n) is 1.82. The molecule has 4 nitrogen and oxygen atoms in total. The minimum atomic E-state index is -5.45. The lowest BCUT2D eigenvalue weighted by atomic mass is 10.2. The molecule has 0 unspecified atom stereocenters. The standard InChI is InChI=1S/C14H10F4O4S2/c1-22-8-4-2-7(3-5-8)6-23-13-9(15)11(17)14(24(19,20)21)12(18)10(13)16/h2-5H,6H2,1H3,(H,19,20,21). The Balaban J connectivity index is 2.37. The van der Waals surface area contributed by atoms with Gasteiger partial charge < -0.3 is 4.74 Å². The Morgan fingerprint density at radius 1 is 1.00 bits per heavy atom. The zero-order chi connectivity index (χ0) is 18.1. The molecule has 0 spiro atoms. The van der Waals surface area contributed by atoms with Crippen LogP contribution in [0.3, 0.4) is 0 Å². The van der Waals surface area contributed by atoms with Gasteiger partial charge in [0.2, 0.25) is 0 Å². The highest BCUT2D eigenvalue weighted by Crippen LogP contribution is 2.35. The summed E-state index contributed by atoms with van der Waals surface area (Å²) >= 11 is 0.441. The van der Waals surface area contributed by atoms with Gasteiger partial charge in [0.15, 0.2) is 28.2 Å². The maximum atomic E-state index is 13.9. The fraction of sp³-hybridized carbons (Fsp3) is 0.143. The van der Waals surface area contributed by atoms with E-state index in [1.807, 2.05) is 0 Å². The summed E-state index contributed by atoms with van der Waals surface area (Å²) in [5.74, 6) is -7.61. The molecule has 0 saturated carbocycles. The molecule has 1 N–H and O–H groups in total. The molecule has 0 bridgehead atoms. The van der Waals surface area contributed by atoms with E-state index >= 15 is 0 Å². The number of hydrogen-bond donors (Lipinski definition) is 1. The van der Waals surface area contributed by atoms with E-state index in [9.17, 15) is 26.0 Å². The summed E-state index contributed by atoms with van der Waals surface area (Å²) in [7, 11) is -4.00. The third-order valence-corrected chi connectivity index (χ3v) is 4.98. The van der Waals surface area contributed by atoms with Gasteiger partial charge >= 0.3 is 10.1 Å². The summed E-state index contributed by atoms with van der Waals surface area (Å²) in [6, 6.07) is 6.35. The molecule has 0 atom stereocenters. The molecule has 0 aliphatic rings. The molecule has 0 heterocycles. The largest absolute Gasteiger partial charge is 0.497 e. The fourth-order valence-corrected chi connectivity index (χ4v) is 3.39. The second-order valence-electron chi connectivity index (χ2n) is 4.53. The normalized spacial score (nSPS) is 11.6. The summed E-state index contributed by atoms with van der Waals surface area (Å²) in [5, 5.41) is 0. The van der Waals surface area contributed by atoms with Gasteiger partial charge in [0.05, 0.1) is 12.0 Å². The van der Waals surface area contributed by atoms with Crippen molar-refractivity contribution in [2.45, 2.75) is 15.5 Å². The van der Waals surface area contributed by atoms with Crippen molar-refractivity contribution >= 4 is 21.9 Å². The van der Waals surface area contributed by atoms with E-state index in [2.05, 4.69) is 0 Å². The van der Waals surface area contributed by atoms with Crippen LogP contribution in [0.15, 0.2) is 34.1 Å². The van der Waals surface area contributed by atoms with Crippen LogP contribution in [-0.4, -0.2) is 20.1 Å². The number of halogens is 4. The number of benzene rings is 2. The average Bonchev–Trinajstić information content (AvgIpc) is 2.52. The van der Waals surface area contributed by atoms with Crippen molar-refractivity contribution in [2.75, 3.05) is 7.11 Å². The number of thioether (sulfide) groups is 1. The SMILES string of the molecule is COc1ccc(CSc2c(F)c(F)c(S(=O)(=O)O)c(F)c2F)cc1. The maximum absolute atomic E-state index is 13.9. The van der Waals surface area contributed by atoms with Crippen LogP contribution in [-0.2, 0) is 15.9 Å². The molecule has 0 radical (unpaired) electrons. The lowest BCUT2D eigenvalue weighted by Crippen LogP contribution is -2.11. The van der Waals surface area contributed by atoms with Crippen LogP contribution in [0.2, 0.25) is 0 Å². The summed E-state index contributed by atoms with van der Waals surface area (Å²) in [6.07, 6.45) is 0. The molecule has 130 valence electrons. The van der Waals surface area contributed by atoms with Gasteiger partial charge in [-0.2, -0.15) is 8.42 Å². The predicted octanol–water partition coefficient (Wildman–Crippen LogP) is 3.79. The first-order valence-electron chi connectivity index (χ1n) is 6.26. The maximum Gasteiger partial charge on any atom is 0.300 e. The number of ether oxygens (including phenoxy) is 1. The Hall–Kier alpha value is -1.78. The van der Waals surface area contributed by atoms with E-state index < -0.39 is 43.2 Å². The van der Waals surface area contributed by atoms with E-state index in [0.717, 1.165) is 0 Å². The molecule has 10 heteroatoms. The Labute approximate surface area is 139 Å².